The number of hydrogen-bond donors (Lipinski definition) is 2. The standard InChI is InChI=1S/C18H25NO5/c1-3-15(24-14-6-4-5-7-14)17(20)19-16(18(21)22)12-8-10-13(23-2)11-9-12/h8-11,14-16H,3-7H2,1-2H3,(H,19,20)(H,21,22). The minimum atomic E-state index is -1.11. The molecule has 0 saturated heterocycles. The highest BCUT2D eigenvalue weighted by molar-refractivity contribution is 5.87. The predicted molar refractivity (Wildman–Crippen MR) is 88.9 cm³/mol. The topological polar surface area (TPSA) is 84.9 Å². The Labute approximate surface area is 142 Å². The molecule has 0 heterocycles. The lowest BCUT2D eigenvalue weighted by Crippen LogP contribution is -2.42. The molecule has 2 N–H and O–H groups in total. The number of carboxylic acids is 1. The highest BCUT2D eigenvalue weighted by atomic mass is 16.5. The first-order chi connectivity index (χ1) is 11.5. The summed E-state index contributed by atoms with van der Waals surface area (Å²) in [4.78, 5) is 24.0. The van der Waals surface area contributed by atoms with Crippen molar-refractivity contribution in [1.82, 2.24) is 5.32 Å². The van der Waals surface area contributed by atoms with Crippen LogP contribution in [0, 0.1) is 0 Å². The van der Waals surface area contributed by atoms with E-state index in [4.69, 9.17) is 9.47 Å². The minimum absolute atomic E-state index is 0.102. The van der Waals surface area contributed by atoms with E-state index >= 15 is 0 Å². The second-order valence-electron chi connectivity index (χ2n) is 5.99. The van der Waals surface area contributed by atoms with Gasteiger partial charge >= 0.3 is 5.97 Å². The van der Waals surface area contributed by atoms with E-state index in [9.17, 15) is 14.7 Å². The molecule has 0 aromatic heterocycles. The Morgan fingerprint density at radius 2 is 1.88 bits per heavy atom. The van der Waals surface area contributed by atoms with Crippen LogP contribution in [-0.4, -0.2) is 36.3 Å². The molecule has 2 atom stereocenters. The Balaban J connectivity index is 2.04. The van der Waals surface area contributed by atoms with Crippen LogP contribution in [0.25, 0.3) is 0 Å². The van der Waals surface area contributed by atoms with Crippen LogP contribution in [0.2, 0.25) is 0 Å². The molecule has 1 aliphatic carbocycles. The molecular weight excluding hydrogens is 310 g/mol. The van der Waals surface area contributed by atoms with Gasteiger partial charge in [-0.2, -0.15) is 0 Å². The van der Waals surface area contributed by atoms with Gasteiger partial charge in [-0.1, -0.05) is 31.9 Å². The zero-order valence-corrected chi connectivity index (χ0v) is 14.2. The average Bonchev–Trinajstić information content (AvgIpc) is 3.10. The quantitative estimate of drug-likeness (QED) is 0.763. The molecule has 1 aliphatic rings. The van der Waals surface area contributed by atoms with Gasteiger partial charge < -0.3 is 19.9 Å². The maximum absolute atomic E-state index is 12.4. The van der Waals surface area contributed by atoms with Gasteiger partial charge in [0.15, 0.2) is 6.04 Å². The van der Waals surface area contributed by atoms with Crippen LogP contribution in [0.3, 0.4) is 0 Å². The molecule has 0 aliphatic heterocycles. The van der Waals surface area contributed by atoms with Crippen molar-refractivity contribution in [3.8, 4) is 5.75 Å². The Bertz CT molecular complexity index is 551. The maximum Gasteiger partial charge on any atom is 0.330 e. The van der Waals surface area contributed by atoms with E-state index in [1.165, 1.54) is 7.11 Å². The van der Waals surface area contributed by atoms with Crippen molar-refractivity contribution in [2.24, 2.45) is 0 Å². The second kappa shape index (κ2) is 8.68. The number of rotatable bonds is 8. The van der Waals surface area contributed by atoms with Crippen molar-refractivity contribution in [2.45, 2.75) is 57.3 Å². The van der Waals surface area contributed by atoms with Gasteiger partial charge in [-0.25, -0.2) is 4.79 Å². The first-order valence-corrected chi connectivity index (χ1v) is 8.37. The Morgan fingerprint density at radius 1 is 1.25 bits per heavy atom. The van der Waals surface area contributed by atoms with Crippen molar-refractivity contribution >= 4 is 11.9 Å². The minimum Gasteiger partial charge on any atom is -0.497 e. The molecule has 24 heavy (non-hydrogen) atoms. The number of aliphatic carboxylic acids is 1. The largest absolute Gasteiger partial charge is 0.497 e. The van der Waals surface area contributed by atoms with Crippen LogP contribution in [0.1, 0.15) is 50.6 Å². The van der Waals surface area contributed by atoms with Gasteiger partial charge in [0, 0.05) is 0 Å². The third-order valence-corrected chi connectivity index (χ3v) is 4.30. The summed E-state index contributed by atoms with van der Waals surface area (Å²) >= 11 is 0. The first kappa shape index (κ1) is 18.3. The molecule has 0 radical (unpaired) electrons. The summed E-state index contributed by atoms with van der Waals surface area (Å²) in [5.41, 5.74) is 0.493. The molecule has 1 fully saturated rings. The molecule has 0 spiro atoms. The summed E-state index contributed by atoms with van der Waals surface area (Å²) < 4.78 is 10.9. The number of amides is 1. The normalized spacial score (nSPS) is 17.2. The number of methoxy groups -OCH3 is 1. The molecule has 1 aromatic carbocycles. The molecular formula is C18H25NO5. The van der Waals surface area contributed by atoms with Crippen LogP contribution < -0.4 is 10.1 Å². The number of benzene rings is 1. The molecule has 2 rings (SSSR count). The number of hydrogen-bond acceptors (Lipinski definition) is 4. The molecule has 6 nitrogen and oxygen atoms in total. The van der Waals surface area contributed by atoms with Crippen LogP contribution in [0.4, 0.5) is 0 Å². The van der Waals surface area contributed by atoms with Crippen molar-refractivity contribution in [2.75, 3.05) is 7.11 Å². The lowest BCUT2D eigenvalue weighted by atomic mass is 10.1. The third kappa shape index (κ3) is 4.71. The Hall–Kier alpha value is -2.08. The second-order valence-corrected chi connectivity index (χ2v) is 5.99. The van der Waals surface area contributed by atoms with Crippen molar-refractivity contribution in [3.05, 3.63) is 29.8 Å². The smallest absolute Gasteiger partial charge is 0.330 e. The van der Waals surface area contributed by atoms with Gasteiger partial charge in [-0.05, 0) is 37.0 Å². The summed E-state index contributed by atoms with van der Waals surface area (Å²) in [5.74, 6) is -0.859. The van der Waals surface area contributed by atoms with Gasteiger partial charge in [-0.3, -0.25) is 4.79 Å². The molecule has 1 saturated carbocycles. The molecule has 1 aromatic rings. The van der Waals surface area contributed by atoms with Crippen LogP contribution in [0.5, 0.6) is 5.75 Å². The molecule has 132 valence electrons. The summed E-state index contributed by atoms with van der Waals surface area (Å²) in [6, 6.07) is 5.51. The van der Waals surface area contributed by atoms with Crippen LogP contribution >= 0.6 is 0 Å². The maximum atomic E-state index is 12.4. The number of carboxylic acid groups (broad SMARTS) is 1. The van der Waals surface area contributed by atoms with Gasteiger partial charge in [0.05, 0.1) is 13.2 Å². The van der Waals surface area contributed by atoms with E-state index in [0.717, 1.165) is 25.7 Å². The fourth-order valence-electron chi connectivity index (χ4n) is 2.92. The van der Waals surface area contributed by atoms with E-state index in [0.29, 0.717) is 17.7 Å². The molecule has 6 heteroatoms. The van der Waals surface area contributed by atoms with E-state index in [-0.39, 0.29) is 12.0 Å². The van der Waals surface area contributed by atoms with Crippen LogP contribution in [-0.2, 0) is 14.3 Å². The van der Waals surface area contributed by atoms with E-state index in [1.54, 1.807) is 24.3 Å². The number of carbonyl (C=O) groups is 2. The van der Waals surface area contributed by atoms with Gasteiger partial charge in [0.1, 0.15) is 11.9 Å². The zero-order valence-electron chi connectivity index (χ0n) is 14.2. The average molecular weight is 335 g/mol. The van der Waals surface area contributed by atoms with E-state index in [2.05, 4.69) is 5.32 Å². The predicted octanol–water partition coefficient (Wildman–Crippen LogP) is 2.67. The van der Waals surface area contributed by atoms with E-state index in [1.807, 2.05) is 6.92 Å². The lowest BCUT2D eigenvalue weighted by Gasteiger charge is -2.23. The highest BCUT2D eigenvalue weighted by Gasteiger charge is 2.28. The van der Waals surface area contributed by atoms with Gasteiger partial charge in [-0.15, -0.1) is 0 Å². The Morgan fingerprint density at radius 3 is 2.38 bits per heavy atom. The summed E-state index contributed by atoms with van der Waals surface area (Å²) in [6.45, 7) is 1.86. The summed E-state index contributed by atoms with van der Waals surface area (Å²) in [6.07, 6.45) is 4.16. The number of ether oxygens (including phenoxy) is 2. The van der Waals surface area contributed by atoms with Crippen LogP contribution in [0.15, 0.2) is 24.3 Å². The molecule has 2 unspecified atom stereocenters. The Kier molecular flexibility index (Phi) is 6.61. The fraction of sp³-hybridized carbons (Fsp3) is 0.556. The van der Waals surface area contributed by atoms with Crippen molar-refractivity contribution in [1.29, 1.82) is 0 Å². The van der Waals surface area contributed by atoms with Gasteiger partial charge in [0.2, 0.25) is 5.91 Å². The monoisotopic (exact) mass is 335 g/mol. The first-order valence-electron chi connectivity index (χ1n) is 8.37. The molecule has 1 amide bonds. The lowest BCUT2D eigenvalue weighted by molar-refractivity contribution is -0.146. The van der Waals surface area contributed by atoms with E-state index < -0.39 is 18.1 Å². The fourth-order valence-corrected chi connectivity index (χ4v) is 2.92. The summed E-state index contributed by atoms with van der Waals surface area (Å²) in [7, 11) is 1.54. The zero-order chi connectivity index (χ0) is 17.5. The number of carbonyl (C=O) groups excluding carboxylic acids is 1. The summed E-state index contributed by atoms with van der Waals surface area (Å²) in [5, 5.41) is 12.0. The van der Waals surface area contributed by atoms with Gasteiger partial charge in [0.25, 0.3) is 0 Å². The van der Waals surface area contributed by atoms with Crippen molar-refractivity contribution < 1.29 is 24.2 Å². The SMILES string of the molecule is CCC(OC1CCCC1)C(=O)NC(C(=O)O)c1ccc(OC)cc1. The van der Waals surface area contributed by atoms with Crippen molar-refractivity contribution in [3.63, 3.8) is 0 Å². The molecule has 0 bridgehead atoms. The highest BCUT2D eigenvalue weighted by Crippen LogP contribution is 2.24. The number of nitrogens with one attached hydrogen (secondary N) is 1. The third-order valence-electron chi connectivity index (χ3n) is 4.30.